The van der Waals surface area contributed by atoms with Crippen LogP contribution in [0.5, 0.6) is 0 Å². The van der Waals surface area contributed by atoms with Crippen LogP contribution in [0.4, 0.5) is 0 Å². The summed E-state index contributed by atoms with van der Waals surface area (Å²) >= 11 is 0. The van der Waals surface area contributed by atoms with Crippen molar-refractivity contribution in [2.24, 2.45) is 11.3 Å². The smallest absolute Gasteiger partial charge is 0.0269 e. The summed E-state index contributed by atoms with van der Waals surface area (Å²) in [5.74, 6) is 1.04. The van der Waals surface area contributed by atoms with Crippen molar-refractivity contribution in [3.63, 3.8) is 0 Å². The SMILES string of the molecule is CCCCCCCC1(CCC)CC1C. The summed E-state index contributed by atoms with van der Waals surface area (Å²) < 4.78 is 0. The van der Waals surface area contributed by atoms with Gasteiger partial charge >= 0.3 is 0 Å². The fourth-order valence-electron chi connectivity index (χ4n) is 2.95. The highest BCUT2D eigenvalue weighted by Crippen LogP contribution is 2.58. The van der Waals surface area contributed by atoms with Gasteiger partial charge in [0.25, 0.3) is 0 Å². The van der Waals surface area contributed by atoms with Gasteiger partial charge in [-0.2, -0.15) is 0 Å². The maximum atomic E-state index is 2.45. The third-order valence-electron chi connectivity index (χ3n) is 4.12. The zero-order chi connectivity index (χ0) is 10.4. The maximum Gasteiger partial charge on any atom is -0.0269 e. The summed E-state index contributed by atoms with van der Waals surface area (Å²) in [6, 6.07) is 0. The van der Waals surface area contributed by atoms with Crippen LogP contribution in [0.1, 0.15) is 78.6 Å². The fraction of sp³-hybridized carbons (Fsp3) is 1.00. The summed E-state index contributed by atoms with van der Waals surface area (Å²) in [5.41, 5.74) is 0.807. The summed E-state index contributed by atoms with van der Waals surface area (Å²) in [4.78, 5) is 0. The molecule has 1 saturated carbocycles. The highest BCUT2D eigenvalue weighted by atomic mass is 14.5. The molecule has 0 nitrogen and oxygen atoms in total. The van der Waals surface area contributed by atoms with Gasteiger partial charge in [-0.3, -0.25) is 0 Å². The quantitative estimate of drug-likeness (QED) is 0.470. The Morgan fingerprint density at radius 2 is 1.57 bits per heavy atom. The van der Waals surface area contributed by atoms with E-state index in [1.807, 2.05) is 0 Å². The van der Waals surface area contributed by atoms with Crippen LogP contribution in [-0.2, 0) is 0 Å². The Bertz CT molecular complexity index is 150. The Morgan fingerprint density at radius 1 is 0.929 bits per heavy atom. The number of hydrogen-bond donors (Lipinski definition) is 0. The minimum absolute atomic E-state index is 0.807. The highest BCUT2D eigenvalue weighted by molar-refractivity contribution is 4.98. The zero-order valence-corrected chi connectivity index (χ0v) is 10.4. The van der Waals surface area contributed by atoms with Gasteiger partial charge in [0.2, 0.25) is 0 Å². The van der Waals surface area contributed by atoms with E-state index in [-0.39, 0.29) is 0 Å². The van der Waals surface area contributed by atoms with Gasteiger partial charge in [0.15, 0.2) is 0 Å². The molecule has 0 bridgehead atoms. The fourth-order valence-corrected chi connectivity index (χ4v) is 2.95. The second-order valence-electron chi connectivity index (χ2n) is 5.38. The Hall–Kier alpha value is 0. The molecule has 0 amide bonds. The van der Waals surface area contributed by atoms with Crippen molar-refractivity contribution in [1.82, 2.24) is 0 Å². The molecule has 0 aromatic heterocycles. The van der Waals surface area contributed by atoms with Crippen LogP contribution in [0, 0.1) is 11.3 Å². The predicted molar refractivity (Wildman–Crippen MR) is 64.5 cm³/mol. The molecule has 0 saturated heterocycles. The van der Waals surface area contributed by atoms with Gasteiger partial charge in [0, 0.05) is 0 Å². The molecule has 0 aliphatic heterocycles. The molecule has 2 atom stereocenters. The van der Waals surface area contributed by atoms with E-state index in [9.17, 15) is 0 Å². The van der Waals surface area contributed by atoms with Crippen molar-refractivity contribution >= 4 is 0 Å². The van der Waals surface area contributed by atoms with E-state index in [1.165, 1.54) is 57.8 Å². The maximum absolute atomic E-state index is 2.45. The van der Waals surface area contributed by atoms with Gasteiger partial charge in [-0.05, 0) is 30.6 Å². The van der Waals surface area contributed by atoms with E-state index in [4.69, 9.17) is 0 Å². The lowest BCUT2D eigenvalue weighted by Crippen LogP contribution is -2.02. The van der Waals surface area contributed by atoms with Crippen molar-refractivity contribution < 1.29 is 0 Å². The van der Waals surface area contributed by atoms with Crippen LogP contribution in [0.2, 0.25) is 0 Å². The lowest BCUT2D eigenvalue weighted by molar-refractivity contribution is 0.370. The molecule has 84 valence electrons. The van der Waals surface area contributed by atoms with Gasteiger partial charge in [0.1, 0.15) is 0 Å². The van der Waals surface area contributed by atoms with Gasteiger partial charge in [0.05, 0.1) is 0 Å². The minimum atomic E-state index is 0.807. The van der Waals surface area contributed by atoms with Crippen molar-refractivity contribution in [2.45, 2.75) is 78.6 Å². The van der Waals surface area contributed by atoms with E-state index in [0.29, 0.717) is 0 Å². The first-order chi connectivity index (χ1) is 6.75. The number of rotatable bonds is 8. The number of hydrogen-bond acceptors (Lipinski definition) is 0. The lowest BCUT2D eigenvalue weighted by Gasteiger charge is -2.15. The van der Waals surface area contributed by atoms with Crippen LogP contribution >= 0.6 is 0 Å². The molecule has 0 N–H and O–H groups in total. The van der Waals surface area contributed by atoms with Crippen molar-refractivity contribution in [3.05, 3.63) is 0 Å². The molecule has 2 unspecified atom stereocenters. The minimum Gasteiger partial charge on any atom is -0.0654 e. The van der Waals surface area contributed by atoms with E-state index in [0.717, 1.165) is 11.3 Å². The molecule has 0 radical (unpaired) electrons. The Kier molecular flexibility index (Phi) is 4.98. The van der Waals surface area contributed by atoms with E-state index < -0.39 is 0 Å². The largest absolute Gasteiger partial charge is 0.0654 e. The molecule has 1 fully saturated rings. The Labute approximate surface area is 90.5 Å². The van der Waals surface area contributed by atoms with Crippen LogP contribution in [0.25, 0.3) is 0 Å². The molecule has 0 heteroatoms. The van der Waals surface area contributed by atoms with Gasteiger partial charge in [-0.25, -0.2) is 0 Å². The Morgan fingerprint density at radius 3 is 2.07 bits per heavy atom. The molecule has 1 aliphatic rings. The summed E-state index contributed by atoms with van der Waals surface area (Å²) in [7, 11) is 0. The average molecular weight is 196 g/mol. The first-order valence-corrected chi connectivity index (χ1v) is 6.75. The van der Waals surface area contributed by atoms with Gasteiger partial charge < -0.3 is 0 Å². The highest BCUT2D eigenvalue weighted by Gasteiger charge is 2.48. The lowest BCUT2D eigenvalue weighted by atomic mass is 9.91. The third kappa shape index (κ3) is 3.29. The van der Waals surface area contributed by atoms with Crippen LogP contribution in [0.15, 0.2) is 0 Å². The molecule has 14 heavy (non-hydrogen) atoms. The molecule has 0 heterocycles. The molecule has 1 aliphatic carbocycles. The van der Waals surface area contributed by atoms with Gasteiger partial charge in [-0.1, -0.05) is 59.3 Å². The Balaban J connectivity index is 2.04. The molecule has 0 spiro atoms. The first kappa shape index (κ1) is 12.1. The summed E-state index contributed by atoms with van der Waals surface area (Å²) in [6.07, 6.45) is 13.2. The normalized spacial score (nSPS) is 30.6. The van der Waals surface area contributed by atoms with Gasteiger partial charge in [-0.15, -0.1) is 0 Å². The molecule has 1 rings (SSSR count). The standard InChI is InChI=1S/C14H28/c1-4-6-7-8-9-11-14(10-5-2)12-13(14)3/h13H,4-12H2,1-3H3. The van der Waals surface area contributed by atoms with E-state index >= 15 is 0 Å². The molecule has 0 aromatic carbocycles. The van der Waals surface area contributed by atoms with Crippen LogP contribution in [-0.4, -0.2) is 0 Å². The van der Waals surface area contributed by atoms with E-state index in [1.54, 1.807) is 0 Å². The van der Waals surface area contributed by atoms with Crippen LogP contribution in [0.3, 0.4) is 0 Å². The number of unbranched alkanes of at least 4 members (excludes halogenated alkanes) is 4. The van der Waals surface area contributed by atoms with E-state index in [2.05, 4.69) is 20.8 Å². The van der Waals surface area contributed by atoms with Crippen molar-refractivity contribution in [3.8, 4) is 0 Å². The first-order valence-electron chi connectivity index (χ1n) is 6.75. The molecule has 0 aromatic rings. The molecular weight excluding hydrogens is 168 g/mol. The molecular formula is C14H28. The van der Waals surface area contributed by atoms with Crippen LogP contribution < -0.4 is 0 Å². The topological polar surface area (TPSA) is 0 Å². The monoisotopic (exact) mass is 196 g/mol. The van der Waals surface area contributed by atoms with Crippen molar-refractivity contribution in [2.75, 3.05) is 0 Å². The summed E-state index contributed by atoms with van der Waals surface area (Å²) in [5, 5.41) is 0. The average Bonchev–Trinajstić information content (AvgIpc) is 2.77. The zero-order valence-electron chi connectivity index (χ0n) is 10.4. The predicted octanol–water partition coefficient (Wildman–Crippen LogP) is 5.17. The third-order valence-corrected chi connectivity index (χ3v) is 4.12. The second-order valence-corrected chi connectivity index (χ2v) is 5.38. The summed E-state index contributed by atoms with van der Waals surface area (Å²) in [6.45, 7) is 7.08. The second kappa shape index (κ2) is 5.78. The van der Waals surface area contributed by atoms with Crippen molar-refractivity contribution in [1.29, 1.82) is 0 Å².